The van der Waals surface area contributed by atoms with Crippen molar-refractivity contribution in [2.24, 2.45) is 11.8 Å². The van der Waals surface area contributed by atoms with E-state index < -0.39 is 18.0 Å². The number of likely N-dealkylation sites (tertiary alicyclic amines) is 1. The Balaban J connectivity index is 0.000000469. The molecule has 1 heterocycles. The standard InChI is InChI=1S/C21H33NO2.C2H2O4/c1-16(2)20-9-5-6-10-21(20)24-15-19(23)14-22-12-11-17-7-3-4-8-18(17)13-22;3-1(4)2(5)6/h5-6,9-10,16-19,23H,3-4,7-8,11-15H2,1-2H3;(H,3,4)(H,5,6). The molecular formula is C23H35NO6. The summed E-state index contributed by atoms with van der Waals surface area (Å²) in [6.07, 6.45) is 6.53. The van der Waals surface area contributed by atoms with Crippen molar-refractivity contribution >= 4 is 11.9 Å². The van der Waals surface area contributed by atoms with Crippen LogP contribution in [0.15, 0.2) is 24.3 Å². The third-order valence-corrected chi connectivity index (χ3v) is 6.00. The maximum Gasteiger partial charge on any atom is 0.414 e. The number of piperidine rings is 1. The van der Waals surface area contributed by atoms with Gasteiger partial charge in [-0.25, -0.2) is 9.59 Å². The van der Waals surface area contributed by atoms with Gasteiger partial charge in [-0.15, -0.1) is 0 Å². The van der Waals surface area contributed by atoms with Crippen LogP contribution in [-0.4, -0.2) is 64.5 Å². The first-order valence-corrected chi connectivity index (χ1v) is 10.9. The van der Waals surface area contributed by atoms with Crippen LogP contribution in [-0.2, 0) is 9.59 Å². The molecule has 0 amide bonds. The van der Waals surface area contributed by atoms with Crippen LogP contribution < -0.4 is 4.74 Å². The molecule has 30 heavy (non-hydrogen) atoms. The van der Waals surface area contributed by atoms with Crippen LogP contribution in [0, 0.1) is 11.8 Å². The summed E-state index contributed by atoms with van der Waals surface area (Å²) in [5.74, 6) is -0.491. The van der Waals surface area contributed by atoms with Crippen molar-refractivity contribution in [3.63, 3.8) is 0 Å². The lowest BCUT2D eigenvalue weighted by Crippen LogP contribution is -2.45. The fraction of sp³-hybridized carbons (Fsp3) is 0.652. The first-order chi connectivity index (χ1) is 14.3. The number of β-amino-alcohol motifs (C(OH)–C–C–N with tert-alkyl or cyclic N) is 1. The number of carbonyl (C=O) groups is 2. The molecule has 7 nitrogen and oxygen atoms in total. The maximum absolute atomic E-state index is 10.4. The molecule has 0 spiro atoms. The highest BCUT2D eigenvalue weighted by atomic mass is 16.5. The Hall–Kier alpha value is -2.12. The average molecular weight is 422 g/mol. The summed E-state index contributed by atoms with van der Waals surface area (Å²) in [5, 5.41) is 25.2. The highest BCUT2D eigenvalue weighted by Crippen LogP contribution is 2.36. The van der Waals surface area contributed by atoms with E-state index >= 15 is 0 Å². The molecule has 1 aromatic carbocycles. The summed E-state index contributed by atoms with van der Waals surface area (Å²) in [6.45, 7) is 7.78. The van der Waals surface area contributed by atoms with Gasteiger partial charge in [0, 0.05) is 13.1 Å². The molecule has 1 aliphatic carbocycles. The highest BCUT2D eigenvalue weighted by Gasteiger charge is 2.31. The van der Waals surface area contributed by atoms with Crippen LogP contribution in [0.5, 0.6) is 5.75 Å². The van der Waals surface area contributed by atoms with Gasteiger partial charge in [0.25, 0.3) is 0 Å². The topological polar surface area (TPSA) is 107 Å². The van der Waals surface area contributed by atoms with Gasteiger partial charge in [-0.3, -0.25) is 0 Å². The molecule has 2 fully saturated rings. The fourth-order valence-corrected chi connectivity index (χ4v) is 4.47. The van der Waals surface area contributed by atoms with Gasteiger partial charge in [-0.05, 0) is 48.8 Å². The second-order valence-electron chi connectivity index (χ2n) is 8.62. The summed E-state index contributed by atoms with van der Waals surface area (Å²) in [6, 6.07) is 8.17. The predicted molar refractivity (Wildman–Crippen MR) is 114 cm³/mol. The van der Waals surface area contributed by atoms with Crippen molar-refractivity contribution in [2.45, 2.75) is 58.0 Å². The van der Waals surface area contributed by atoms with Crippen molar-refractivity contribution in [2.75, 3.05) is 26.2 Å². The Morgan fingerprint density at radius 2 is 1.70 bits per heavy atom. The largest absolute Gasteiger partial charge is 0.491 e. The maximum atomic E-state index is 10.4. The molecule has 3 unspecified atom stereocenters. The average Bonchev–Trinajstić information content (AvgIpc) is 2.72. The number of ether oxygens (including phenoxy) is 1. The molecular weight excluding hydrogens is 386 g/mol. The minimum absolute atomic E-state index is 0.383. The van der Waals surface area contributed by atoms with Gasteiger partial charge in [0.05, 0.1) is 0 Å². The lowest BCUT2D eigenvalue weighted by molar-refractivity contribution is -0.159. The van der Waals surface area contributed by atoms with Crippen LogP contribution in [0.25, 0.3) is 0 Å². The Morgan fingerprint density at radius 3 is 2.33 bits per heavy atom. The third kappa shape index (κ3) is 7.61. The smallest absolute Gasteiger partial charge is 0.414 e. The monoisotopic (exact) mass is 421 g/mol. The summed E-state index contributed by atoms with van der Waals surface area (Å²) in [7, 11) is 0. The molecule has 0 aromatic heterocycles. The second kappa shape index (κ2) is 11.9. The minimum atomic E-state index is -1.82. The molecule has 1 aliphatic heterocycles. The van der Waals surface area contributed by atoms with Crippen molar-refractivity contribution in [3.05, 3.63) is 29.8 Å². The highest BCUT2D eigenvalue weighted by molar-refractivity contribution is 6.27. The second-order valence-corrected chi connectivity index (χ2v) is 8.62. The number of aliphatic carboxylic acids is 2. The number of carboxylic acid groups (broad SMARTS) is 2. The minimum Gasteiger partial charge on any atom is -0.491 e. The summed E-state index contributed by atoms with van der Waals surface area (Å²) >= 11 is 0. The van der Waals surface area contributed by atoms with Crippen LogP contribution in [0.1, 0.15) is 57.4 Å². The first kappa shape index (κ1) is 24.2. The van der Waals surface area contributed by atoms with E-state index in [2.05, 4.69) is 24.8 Å². The van der Waals surface area contributed by atoms with Crippen LogP contribution >= 0.6 is 0 Å². The first-order valence-electron chi connectivity index (χ1n) is 10.9. The van der Waals surface area contributed by atoms with Crippen molar-refractivity contribution < 1.29 is 29.6 Å². The van der Waals surface area contributed by atoms with E-state index in [0.717, 1.165) is 30.7 Å². The molecule has 1 saturated heterocycles. The van der Waals surface area contributed by atoms with Gasteiger partial charge in [-0.1, -0.05) is 51.3 Å². The summed E-state index contributed by atoms with van der Waals surface area (Å²) in [5.41, 5.74) is 1.22. The number of rotatable bonds is 6. The van der Waals surface area contributed by atoms with Gasteiger partial charge in [-0.2, -0.15) is 0 Å². The zero-order chi connectivity index (χ0) is 22.1. The number of aliphatic hydroxyl groups is 1. The van der Waals surface area contributed by atoms with E-state index in [-0.39, 0.29) is 0 Å². The predicted octanol–water partition coefficient (Wildman–Crippen LogP) is 3.22. The number of hydrogen-bond acceptors (Lipinski definition) is 5. The van der Waals surface area contributed by atoms with E-state index in [0.29, 0.717) is 12.5 Å². The van der Waals surface area contributed by atoms with Gasteiger partial charge >= 0.3 is 11.9 Å². The Morgan fingerprint density at radius 1 is 1.07 bits per heavy atom. The molecule has 1 saturated carbocycles. The molecule has 2 aliphatic rings. The number of hydrogen-bond donors (Lipinski definition) is 3. The van der Waals surface area contributed by atoms with E-state index in [9.17, 15) is 5.11 Å². The molecule has 7 heteroatoms. The zero-order valence-corrected chi connectivity index (χ0v) is 18.0. The van der Waals surface area contributed by atoms with E-state index in [4.69, 9.17) is 24.5 Å². The number of para-hydroxylation sites is 1. The van der Waals surface area contributed by atoms with Gasteiger partial charge < -0.3 is 25.0 Å². The summed E-state index contributed by atoms with van der Waals surface area (Å²) < 4.78 is 5.93. The quantitative estimate of drug-likeness (QED) is 0.605. The number of aliphatic hydroxyl groups excluding tert-OH is 1. The Bertz CT molecular complexity index is 680. The van der Waals surface area contributed by atoms with E-state index in [1.807, 2.05) is 18.2 Å². The van der Waals surface area contributed by atoms with Crippen LogP contribution in [0.2, 0.25) is 0 Å². The fourth-order valence-electron chi connectivity index (χ4n) is 4.47. The van der Waals surface area contributed by atoms with Gasteiger partial charge in [0.2, 0.25) is 0 Å². The number of nitrogens with zero attached hydrogens (tertiary/aromatic N) is 1. The number of benzene rings is 1. The molecule has 3 rings (SSSR count). The summed E-state index contributed by atoms with van der Waals surface area (Å²) in [4.78, 5) is 20.7. The van der Waals surface area contributed by atoms with Crippen LogP contribution in [0.4, 0.5) is 0 Å². The number of carboxylic acids is 2. The molecule has 3 N–H and O–H groups in total. The van der Waals surface area contributed by atoms with Crippen LogP contribution in [0.3, 0.4) is 0 Å². The zero-order valence-electron chi connectivity index (χ0n) is 18.0. The Labute approximate surface area is 178 Å². The van der Waals surface area contributed by atoms with E-state index in [1.165, 1.54) is 44.2 Å². The molecule has 168 valence electrons. The van der Waals surface area contributed by atoms with E-state index in [1.54, 1.807) is 0 Å². The SMILES string of the molecule is CC(C)c1ccccc1OCC(O)CN1CCC2CCCCC2C1.O=C(O)C(=O)O. The number of fused-ring (bicyclic) bond motifs is 1. The molecule has 1 aromatic rings. The van der Waals surface area contributed by atoms with Crippen molar-refractivity contribution in [1.82, 2.24) is 4.90 Å². The van der Waals surface area contributed by atoms with Crippen molar-refractivity contribution in [3.8, 4) is 5.75 Å². The van der Waals surface area contributed by atoms with Crippen molar-refractivity contribution in [1.29, 1.82) is 0 Å². The Kier molecular flexibility index (Phi) is 9.59. The lowest BCUT2D eigenvalue weighted by atomic mass is 9.75. The molecule has 3 atom stereocenters. The van der Waals surface area contributed by atoms with Gasteiger partial charge in [0.1, 0.15) is 18.5 Å². The van der Waals surface area contributed by atoms with Gasteiger partial charge in [0.15, 0.2) is 0 Å². The third-order valence-electron chi connectivity index (χ3n) is 6.00. The lowest BCUT2D eigenvalue weighted by Gasteiger charge is -2.41. The molecule has 0 radical (unpaired) electrons. The normalized spacial score (nSPS) is 22.4. The molecule has 0 bridgehead atoms.